The molecular formula is C18H17NO5. The lowest BCUT2D eigenvalue weighted by Gasteiger charge is -2.03. The van der Waals surface area contributed by atoms with Crippen LogP contribution in [-0.4, -0.2) is 26.1 Å². The average molecular weight is 327 g/mol. The van der Waals surface area contributed by atoms with Crippen LogP contribution in [0.3, 0.4) is 0 Å². The quantitative estimate of drug-likeness (QED) is 0.464. The number of carbonyl (C=O) groups excluding carboxylic acids is 1. The number of hydrogen-bond donors (Lipinski definition) is 0. The first-order chi connectivity index (χ1) is 11.7. The van der Waals surface area contributed by atoms with Crippen molar-refractivity contribution < 1.29 is 23.8 Å². The second kappa shape index (κ2) is 7.50. The normalized spacial score (nSPS) is 12.4. The summed E-state index contributed by atoms with van der Waals surface area (Å²) in [6.45, 7) is 0.595. The molecule has 0 saturated heterocycles. The molecule has 0 N–H and O–H groups in total. The molecule has 1 heterocycles. The number of oxime groups is 1. The highest BCUT2D eigenvalue weighted by Gasteiger charge is 2.12. The first-order valence-corrected chi connectivity index (χ1v) is 7.44. The van der Waals surface area contributed by atoms with Crippen molar-refractivity contribution in [3.8, 4) is 11.5 Å². The van der Waals surface area contributed by atoms with Crippen molar-refractivity contribution in [2.45, 2.75) is 13.0 Å². The summed E-state index contributed by atoms with van der Waals surface area (Å²) >= 11 is 0. The van der Waals surface area contributed by atoms with Crippen molar-refractivity contribution in [1.82, 2.24) is 0 Å². The van der Waals surface area contributed by atoms with Gasteiger partial charge in [0.25, 0.3) is 0 Å². The summed E-state index contributed by atoms with van der Waals surface area (Å²) in [4.78, 5) is 16.5. The first-order valence-electron chi connectivity index (χ1n) is 7.44. The van der Waals surface area contributed by atoms with Gasteiger partial charge in [0.2, 0.25) is 6.79 Å². The second-order valence-corrected chi connectivity index (χ2v) is 5.19. The Balaban J connectivity index is 1.50. The van der Waals surface area contributed by atoms with E-state index in [0.717, 1.165) is 22.4 Å². The molecule has 0 atom stereocenters. The van der Waals surface area contributed by atoms with Crippen molar-refractivity contribution in [2.24, 2.45) is 5.16 Å². The van der Waals surface area contributed by atoms with Crippen LogP contribution in [0.1, 0.15) is 16.7 Å². The van der Waals surface area contributed by atoms with E-state index in [9.17, 15) is 4.79 Å². The van der Waals surface area contributed by atoms with Crippen LogP contribution < -0.4 is 9.47 Å². The maximum Gasteiger partial charge on any atom is 0.309 e. The van der Waals surface area contributed by atoms with Gasteiger partial charge in [-0.1, -0.05) is 29.4 Å². The van der Waals surface area contributed by atoms with Crippen molar-refractivity contribution in [1.29, 1.82) is 0 Å². The molecule has 0 amide bonds. The van der Waals surface area contributed by atoms with Crippen LogP contribution in [0.2, 0.25) is 0 Å². The Bertz CT molecular complexity index is 740. The third kappa shape index (κ3) is 4.04. The van der Waals surface area contributed by atoms with Crippen LogP contribution in [0.25, 0.3) is 0 Å². The number of methoxy groups -OCH3 is 1. The van der Waals surface area contributed by atoms with Gasteiger partial charge in [-0.15, -0.1) is 0 Å². The molecule has 124 valence electrons. The van der Waals surface area contributed by atoms with E-state index in [1.54, 1.807) is 6.21 Å². The van der Waals surface area contributed by atoms with E-state index >= 15 is 0 Å². The molecule has 1 aliphatic rings. The molecule has 0 aromatic heterocycles. The zero-order chi connectivity index (χ0) is 16.8. The number of esters is 1. The molecule has 0 bridgehead atoms. The van der Waals surface area contributed by atoms with Crippen LogP contribution in [-0.2, 0) is 27.4 Å². The molecule has 6 nitrogen and oxygen atoms in total. The maximum atomic E-state index is 11.2. The molecular weight excluding hydrogens is 310 g/mol. The van der Waals surface area contributed by atoms with Gasteiger partial charge in [-0.2, -0.15) is 0 Å². The Morgan fingerprint density at radius 2 is 1.88 bits per heavy atom. The fraction of sp³-hybridized carbons (Fsp3) is 0.222. The maximum absolute atomic E-state index is 11.2. The van der Waals surface area contributed by atoms with E-state index in [2.05, 4.69) is 9.89 Å². The number of nitrogens with zero attached hydrogens (tertiary/aromatic N) is 1. The summed E-state index contributed by atoms with van der Waals surface area (Å²) in [6.07, 6.45) is 1.88. The largest absolute Gasteiger partial charge is 0.469 e. The fourth-order valence-electron chi connectivity index (χ4n) is 2.20. The molecule has 0 spiro atoms. The minimum Gasteiger partial charge on any atom is -0.469 e. The lowest BCUT2D eigenvalue weighted by molar-refractivity contribution is -0.139. The molecule has 0 radical (unpaired) electrons. The van der Waals surface area contributed by atoms with Crippen molar-refractivity contribution in [2.75, 3.05) is 13.9 Å². The predicted octanol–water partition coefficient (Wildman–Crippen LogP) is 2.68. The number of hydrogen-bond acceptors (Lipinski definition) is 6. The summed E-state index contributed by atoms with van der Waals surface area (Å²) in [5.74, 6) is 1.19. The van der Waals surface area contributed by atoms with Gasteiger partial charge in [0.15, 0.2) is 11.5 Å². The van der Waals surface area contributed by atoms with Gasteiger partial charge < -0.3 is 19.0 Å². The molecule has 0 saturated carbocycles. The Kier molecular flexibility index (Phi) is 4.96. The molecule has 3 rings (SSSR count). The average Bonchev–Trinajstić information content (AvgIpc) is 3.07. The highest BCUT2D eigenvalue weighted by Crippen LogP contribution is 2.31. The van der Waals surface area contributed by atoms with Gasteiger partial charge in [0.05, 0.1) is 19.7 Å². The van der Waals surface area contributed by atoms with Gasteiger partial charge in [-0.25, -0.2) is 0 Å². The van der Waals surface area contributed by atoms with E-state index < -0.39 is 0 Å². The van der Waals surface area contributed by atoms with Crippen LogP contribution in [0, 0.1) is 0 Å². The van der Waals surface area contributed by atoms with E-state index in [1.807, 2.05) is 42.5 Å². The van der Waals surface area contributed by atoms with Crippen molar-refractivity contribution in [3.63, 3.8) is 0 Å². The van der Waals surface area contributed by atoms with Crippen LogP contribution in [0.5, 0.6) is 11.5 Å². The molecule has 0 unspecified atom stereocenters. The molecule has 24 heavy (non-hydrogen) atoms. The summed E-state index contributed by atoms with van der Waals surface area (Å²) in [7, 11) is 1.38. The van der Waals surface area contributed by atoms with Gasteiger partial charge in [-0.3, -0.25) is 4.79 Å². The summed E-state index contributed by atoms with van der Waals surface area (Å²) in [5, 5.41) is 3.95. The number of ether oxygens (including phenoxy) is 3. The fourth-order valence-corrected chi connectivity index (χ4v) is 2.20. The number of fused-ring (bicyclic) bond motifs is 1. The number of rotatable bonds is 6. The van der Waals surface area contributed by atoms with E-state index in [0.29, 0.717) is 12.4 Å². The highest BCUT2D eigenvalue weighted by atomic mass is 16.7. The van der Waals surface area contributed by atoms with Crippen molar-refractivity contribution in [3.05, 3.63) is 59.2 Å². The molecule has 1 aliphatic heterocycles. The van der Waals surface area contributed by atoms with Crippen LogP contribution in [0.15, 0.2) is 47.6 Å². The van der Waals surface area contributed by atoms with E-state index in [4.69, 9.17) is 14.3 Å². The Morgan fingerprint density at radius 1 is 1.12 bits per heavy atom. The number of benzene rings is 2. The minimum atomic E-state index is -0.257. The van der Waals surface area contributed by atoms with Gasteiger partial charge in [0.1, 0.15) is 6.61 Å². The predicted molar refractivity (Wildman–Crippen MR) is 87.1 cm³/mol. The van der Waals surface area contributed by atoms with Gasteiger partial charge in [-0.05, 0) is 29.3 Å². The summed E-state index contributed by atoms with van der Waals surface area (Å²) in [5.41, 5.74) is 2.73. The Morgan fingerprint density at radius 3 is 2.67 bits per heavy atom. The third-order valence-electron chi connectivity index (χ3n) is 3.50. The van der Waals surface area contributed by atoms with Crippen LogP contribution in [0.4, 0.5) is 0 Å². The van der Waals surface area contributed by atoms with Gasteiger partial charge in [0, 0.05) is 5.56 Å². The molecule has 2 aromatic carbocycles. The zero-order valence-corrected chi connectivity index (χ0v) is 13.2. The summed E-state index contributed by atoms with van der Waals surface area (Å²) in [6, 6.07) is 13.1. The molecule has 0 aliphatic carbocycles. The van der Waals surface area contributed by atoms with E-state index in [-0.39, 0.29) is 19.2 Å². The summed E-state index contributed by atoms with van der Waals surface area (Å²) < 4.78 is 15.2. The molecule has 2 aromatic rings. The smallest absolute Gasteiger partial charge is 0.309 e. The van der Waals surface area contributed by atoms with Gasteiger partial charge >= 0.3 is 5.97 Å². The molecule has 0 fully saturated rings. The van der Waals surface area contributed by atoms with Crippen molar-refractivity contribution >= 4 is 12.2 Å². The first kappa shape index (κ1) is 15.9. The standard InChI is InChI=1S/C18H17NO5/c1-21-18(20)9-13-2-4-14(5-3-13)11-24-19-10-15-6-7-16-17(8-15)23-12-22-16/h2-8,10H,9,11-12H2,1H3/b19-10+. The second-order valence-electron chi connectivity index (χ2n) is 5.19. The zero-order valence-electron chi connectivity index (χ0n) is 13.2. The minimum absolute atomic E-state index is 0.248. The lowest BCUT2D eigenvalue weighted by atomic mass is 10.1. The van der Waals surface area contributed by atoms with Crippen LogP contribution >= 0.6 is 0 Å². The highest BCUT2D eigenvalue weighted by molar-refractivity contribution is 5.80. The third-order valence-corrected chi connectivity index (χ3v) is 3.50. The SMILES string of the molecule is COC(=O)Cc1ccc(CO/N=C/c2ccc3c(c2)OCO3)cc1. The monoisotopic (exact) mass is 327 g/mol. The number of carbonyl (C=O) groups is 1. The van der Waals surface area contributed by atoms with E-state index in [1.165, 1.54) is 7.11 Å². The Hall–Kier alpha value is -3.02. The topological polar surface area (TPSA) is 66.4 Å². The lowest BCUT2D eigenvalue weighted by Crippen LogP contribution is -2.04. The molecule has 6 heteroatoms. The Labute approximate surface area is 139 Å².